The molecule has 1 amide bonds. The Balaban J connectivity index is 1.76. The van der Waals surface area contributed by atoms with Gasteiger partial charge in [0.15, 0.2) is 9.84 Å². The summed E-state index contributed by atoms with van der Waals surface area (Å²) in [6, 6.07) is 18.3. The zero-order valence-electron chi connectivity index (χ0n) is 15.6. The Morgan fingerprint density at radius 2 is 1.63 bits per heavy atom. The standard InChI is InChI=1S/C21H22N2O3S/c1-15-13-20(16(2)23(15)18-7-5-4-6-8-18)21(24)22-14-17-9-11-19(12-10-17)27(3,25)26/h4-13H,14H2,1-3H3,(H,22,24). The van der Waals surface area contributed by atoms with E-state index < -0.39 is 9.84 Å². The van der Waals surface area contributed by atoms with Crippen molar-refractivity contribution in [1.29, 1.82) is 0 Å². The van der Waals surface area contributed by atoms with Crippen molar-refractivity contribution in [1.82, 2.24) is 9.88 Å². The first kappa shape index (κ1) is 18.9. The van der Waals surface area contributed by atoms with Crippen LogP contribution in [-0.2, 0) is 16.4 Å². The van der Waals surface area contributed by atoms with E-state index in [1.54, 1.807) is 24.3 Å². The Morgan fingerprint density at radius 1 is 1.00 bits per heavy atom. The second-order valence-corrected chi connectivity index (χ2v) is 8.57. The third-order valence-corrected chi connectivity index (χ3v) is 5.62. The lowest BCUT2D eigenvalue weighted by Gasteiger charge is -2.10. The maximum Gasteiger partial charge on any atom is 0.253 e. The summed E-state index contributed by atoms with van der Waals surface area (Å²) >= 11 is 0. The van der Waals surface area contributed by atoms with Crippen molar-refractivity contribution in [3.05, 3.63) is 83.2 Å². The monoisotopic (exact) mass is 382 g/mol. The molecule has 27 heavy (non-hydrogen) atoms. The summed E-state index contributed by atoms with van der Waals surface area (Å²) in [5.41, 5.74) is 4.35. The molecule has 0 bridgehead atoms. The number of aromatic nitrogens is 1. The first-order valence-electron chi connectivity index (χ1n) is 8.59. The van der Waals surface area contributed by atoms with Gasteiger partial charge < -0.3 is 9.88 Å². The zero-order valence-corrected chi connectivity index (χ0v) is 16.4. The number of aryl methyl sites for hydroxylation is 1. The molecule has 3 rings (SSSR count). The third kappa shape index (κ3) is 4.11. The maximum absolute atomic E-state index is 12.6. The fraction of sp³-hybridized carbons (Fsp3) is 0.190. The van der Waals surface area contributed by atoms with Gasteiger partial charge in [-0.05, 0) is 49.7 Å². The van der Waals surface area contributed by atoms with E-state index in [0.29, 0.717) is 12.1 Å². The summed E-state index contributed by atoms with van der Waals surface area (Å²) in [6.07, 6.45) is 1.17. The Kier molecular flexibility index (Phi) is 5.19. The molecule has 0 unspecified atom stereocenters. The minimum atomic E-state index is -3.22. The first-order valence-corrected chi connectivity index (χ1v) is 10.5. The van der Waals surface area contributed by atoms with E-state index in [-0.39, 0.29) is 10.8 Å². The average molecular weight is 382 g/mol. The molecule has 140 valence electrons. The number of hydrogen-bond acceptors (Lipinski definition) is 3. The number of amides is 1. The van der Waals surface area contributed by atoms with Crippen LogP contribution in [-0.4, -0.2) is 25.1 Å². The van der Waals surface area contributed by atoms with E-state index >= 15 is 0 Å². The molecule has 0 saturated carbocycles. The fourth-order valence-corrected chi connectivity index (χ4v) is 3.73. The van der Waals surface area contributed by atoms with Crippen molar-refractivity contribution in [2.45, 2.75) is 25.3 Å². The van der Waals surface area contributed by atoms with E-state index in [9.17, 15) is 13.2 Å². The molecule has 0 aliphatic rings. The van der Waals surface area contributed by atoms with Crippen LogP contribution in [0, 0.1) is 13.8 Å². The van der Waals surface area contributed by atoms with Crippen LogP contribution in [0.4, 0.5) is 0 Å². The largest absolute Gasteiger partial charge is 0.348 e. The van der Waals surface area contributed by atoms with Gasteiger partial charge in [0.05, 0.1) is 10.5 Å². The third-order valence-electron chi connectivity index (χ3n) is 4.49. The molecule has 0 spiro atoms. The van der Waals surface area contributed by atoms with E-state index in [2.05, 4.69) is 9.88 Å². The van der Waals surface area contributed by atoms with Gasteiger partial charge in [0, 0.05) is 29.9 Å². The van der Waals surface area contributed by atoms with E-state index in [0.717, 1.165) is 22.6 Å². The van der Waals surface area contributed by atoms with Gasteiger partial charge in [-0.2, -0.15) is 0 Å². The Labute approximate surface area is 159 Å². The minimum absolute atomic E-state index is 0.155. The lowest BCUT2D eigenvalue weighted by atomic mass is 10.2. The number of sulfone groups is 1. The molecule has 0 aliphatic carbocycles. The average Bonchev–Trinajstić information content (AvgIpc) is 2.94. The van der Waals surface area contributed by atoms with Crippen LogP contribution in [0.25, 0.3) is 5.69 Å². The molecular formula is C21H22N2O3S. The number of para-hydroxylation sites is 1. The molecule has 1 N–H and O–H groups in total. The Morgan fingerprint density at radius 3 is 2.22 bits per heavy atom. The number of nitrogens with one attached hydrogen (secondary N) is 1. The van der Waals surface area contributed by atoms with Crippen LogP contribution in [0.3, 0.4) is 0 Å². The van der Waals surface area contributed by atoms with Crippen LogP contribution < -0.4 is 5.32 Å². The van der Waals surface area contributed by atoms with Crippen LogP contribution in [0.1, 0.15) is 27.3 Å². The topological polar surface area (TPSA) is 68.2 Å². The van der Waals surface area contributed by atoms with Crippen molar-refractivity contribution in [3.63, 3.8) is 0 Å². The maximum atomic E-state index is 12.6. The highest BCUT2D eigenvalue weighted by Gasteiger charge is 2.16. The first-order chi connectivity index (χ1) is 12.8. The highest BCUT2D eigenvalue weighted by molar-refractivity contribution is 7.90. The molecule has 3 aromatic rings. The molecule has 6 heteroatoms. The summed E-state index contributed by atoms with van der Waals surface area (Å²) < 4.78 is 25.1. The van der Waals surface area contributed by atoms with Crippen molar-refractivity contribution < 1.29 is 13.2 Å². The van der Waals surface area contributed by atoms with Gasteiger partial charge in [-0.1, -0.05) is 30.3 Å². The molecule has 2 aromatic carbocycles. The van der Waals surface area contributed by atoms with Crippen molar-refractivity contribution >= 4 is 15.7 Å². The number of nitrogens with zero attached hydrogens (tertiary/aromatic N) is 1. The van der Waals surface area contributed by atoms with Gasteiger partial charge in [0.2, 0.25) is 0 Å². The number of benzene rings is 2. The summed E-state index contributed by atoms with van der Waals surface area (Å²) in [6.45, 7) is 4.23. The number of rotatable bonds is 5. The second kappa shape index (κ2) is 7.40. The van der Waals surface area contributed by atoms with Gasteiger partial charge in [0.1, 0.15) is 0 Å². The van der Waals surface area contributed by atoms with Gasteiger partial charge >= 0.3 is 0 Å². The summed E-state index contributed by atoms with van der Waals surface area (Å²) in [5, 5.41) is 2.90. The smallest absolute Gasteiger partial charge is 0.253 e. The molecule has 1 heterocycles. The van der Waals surface area contributed by atoms with Crippen molar-refractivity contribution in [3.8, 4) is 5.69 Å². The molecule has 1 aromatic heterocycles. The van der Waals surface area contributed by atoms with Gasteiger partial charge in [-0.15, -0.1) is 0 Å². The predicted octanol–water partition coefficient (Wildman–Crippen LogP) is 3.43. The molecular weight excluding hydrogens is 360 g/mol. The minimum Gasteiger partial charge on any atom is -0.348 e. The summed E-state index contributed by atoms with van der Waals surface area (Å²) in [5.74, 6) is -0.155. The predicted molar refractivity (Wildman–Crippen MR) is 106 cm³/mol. The SMILES string of the molecule is Cc1cc(C(=O)NCc2ccc(S(C)(=O)=O)cc2)c(C)n1-c1ccccc1. The molecule has 0 atom stereocenters. The van der Waals surface area contributed by atoms with Gasteiger partial charge in [-0.25, -0.2) is 8.42 Å². The van der Waals surface area contributed by atoms with Crippen LogP contribution in [0.2, 0.25) is 0 Å². The van der Waals surface area contributed by atoms with Crippen LogP contribution in [0.15, 0.2) is 65.6 Å². The lowest BCUT2D eigenvalue weighted by Crippen LogP contribution is -2.23. The fourth-order valence-electron chi connectivity index (χ4n) is 3.10. The zero-order chi connectivity index (χ0) is 19.6. The molecule has 0 fully saturated rings. The summed E-state index contributed by atoms with van der Waals surface area (Å²) in [4.78, 5) is 12.9. The van der Waals surface area contributed by atoms with Crippen LogP contribution >= 0.6 is 0 Å². The van der Waals surface area contributed by atoms with Gasteiger partial charge in [-0.3, -0.25) is 4.79 Å². The van der Waals surface area contributed by atoms with Crippen molar-refractivity contribution in [2.75, 3.05) is 6.26 Å². The quantitative estimate of drug-likeness (QED) is 0.735. The Bertz CT molecular complexity index is 1070. The molecule has 0 aliphatic heterocycles. The molecule has 5 nitrogen and oxygen atoms in total. The lowest BCUT2D eigenvalue weighted by molar-refractivity contribution is 0.0950. The molecule has 0 radical (unpaired) electrons. The summed E-state index contributed by atoms with van der Waals surface area (Å²) in [7, 11) is -3.22. The van der Waals surface area contributed by atoms with E-state index in [1.807, 2.05) is 50.2 Å². The highest BCUT2D eigenvalue weighted by Crippen LogP contribution is 2.20. The molecule has 0 saturated heterocycles. The highest BCUT2D eigenvalue weighted by atomic mass is 32.2. The number of carbonyl (C=O) groups is 1. The normalized spacial score (nSPS) is 11.4. The number of carbonyl (C=O) groups excluding carboxylic acids is 1. The van der Waals surface area contributed by atoms with Crippen LogP contribution in [0.5, 0.6) is 0 Å². The van der Waals surface area contributed by atoms with E-state index in [4.69, 9.17) is 0 Å². The number of hydrogen-bond donors (Lipinski definition) is 1. The van der Waals surface area contributed by atoms with E-state index in [1.165, 1.54) is 6.26 Å². The Hall–Kier alpha value is -2.86. The van der Waals surface area contributed by atoms with Gasteiger partial charge in [0.25, 0.3) is 5.91 Å². The van der Waals surface area contributed by atoms with Crippen molar-refractivity contribution in [2.24, 2.45) is 0 Å². The second-order valence-electron chi connectivity index (χ2n) is 6.55.